The Hall–Kier alpha value is -1.15. The summed E-state index contributed by atoms with van der Waals surface area (Å²) in [5.41, 5.74) is 3.03. The number of nitrogens with one attached hydrogen (secondary N) is 1. The average molecular weight is 207 g/mol. The highest BCUT2D eigenvalue weighted by Gasteiger charge is 2.07. The average Bonchev–Trinajstić information content (AvgIpc) is 2.18. The highest BCUT2D eigenvalue weighted by Crippen LogP contribution is 2.18. The van der Waals surface area contributed by atoms with E-state index in [1.54, 1.807) is 6.92 Å². The maximum atomic E-state index is 13.1. The van der Waals surface area contributed by atoms with Crippen LogP contribution in [-0.4, -0.2) is 7.05 Å². The molecule has 1 atom stereocenters. The fourth-order valence-corrected chi connectivity index (χ4v) is 1.54. The molecule has 2 heteroatoms. The number of hydrogen-bond acceptors (Lipinski definition) is 1. The van der Waals surface area contributed by atoms with Gasteiger partial charge in [-0.3, -0.25) is 0 Å². The molecule has 0 spiro atoms. The number of halogens is 1. The Morgan fingerprint density at radius 3 is 2.53 bits per heavy atom. The minimum absolute atomic E-state index is 0.147. The van der Waals surface area contributed by atoms with E-state index in [9.17, 15) is 4.39 Å². The van der Waals surface area contributed by atoms with Crippen LogP contribution in [0.1, 0.15) is 31.0 Å². The molecule has 0 fully saturated rings. The Morgan fingerprint density at radius 1 is 1.40 bits per heavy atom. The summed E-state index contributed by atoms with van der Waals surface area (Å²) in [6.07, 6.45) is 2.13. The van der Waals surface area contributed by atoms with Crippen LogP contribution in [-0.2, 0) is 0 Å². The van der Waals surface area contributed by atoms with Gasteiger partial charge in [0.1, 0.15) is 5.82 Å². The third-order valence-electron chi connectivity index (χ3n) is 2.35. The molecule has 0 saturated carbocycles. The van der Waals surface area contributed by atoms with Crippen molar-refractivity contribution < 1.29 is 4.39 Å². The Kier molecular flexibility index (Phi) is 4.04. The first-order chi connectivity index (χ1) is 7.04. The van der Waals surface area contributed by atoms with Crippen molar-refractivity contribution in [3.63, 3.8) is 0 Å². The molecule has 0 bridgehead atoms. The monoisotopic (exact) mass is 207 g/mol. The molecule has 1 unspecified atom stereocenters. The molecule has 0 aliphatic heterocycles. The van der Waals surface area contributed by atoms with Gasteiger partial charge < -0.3 is 5.32 Å². The highest BCUT2D eigenvalue weighted by atomic mass is 19.1. The largest absolute Gasteiger partial charge is 0.310 e. The van der Waals surface area contributed by atoms with Crippen LogP contribution in [0.25, 0.3) is 0 Å². The van der Waals surface area contributed by atoms with Crippen LogP contribution in [0.5, 0.6) is 0 Å². The number of likely N-dealkylation sites (N-methyl/N-ethyl adjacent to an activating group) is 1. The quantitative estimate of drug-likeness (QED) is 0.749. The van der Waals surface area contributed by atoms with Gasteiger partial charge in [0.25, 0.3) is 0 Å². The molecule has 0 radical (unpaired) electrons. The van der Waals surface area contributed by atoms with Gasteiger partial charge in [-0.05, 0) is 45.0 Å². The lowest BCUT2D eigenvalue weighted by atomic mass is 10.0. The molecular formula is C13H18FN. The van der Waals surface area contributed by atoms with Crippen molar-refractivity contribution in [3.05, 3.63) is 46.8 Å². The summed E-state index contributed by atoms with van der Waals surface area (Å²) in [5, 5.41) is 3.20. The molecule has 1 rings (SSSR count). The van der Waals surface area contributed by atoms with Crippen LogP contribution in [0.15, 0.2) is 29.8 Å². The van der Waals surface area contributed by atoms with Gasteiger partial charge in [-0.15, -0.1) is 0 Å². The lowest BCUT2D eigenvalue weighted by Gasteiger charge is -2.14. The zero-order valence-electron chi connectivity index (χ0n) is 9.76. The van der Waals surface area contributed by atoms with Gasteiger partial charge in [0.05, 0.1) is 6.04 Å². The van der Waals surface area contributed by atoms with E-state index in [-0.39, 0.29) is 11.9 Å². The van der Waals surface area contributed by atoms with Crippen LogP contribution < -0.4 is 5.32 Å². The van der Waals surface area contributed by atoms with Crippen LogP contribution >= 0.6 is 0 Å². The van der Waals surface area contributed by atoms with Gasteiger partial charge in [-0.2, -0.15) is 0 Å². The van der Waals surface area contributed by atoms with Gasteiger partial charge in [-0.25, -0.2) is 4.39 Å². The van der Waals surface area contributed by atoms with Crippen molar-refractivity contribution in [2.45, 2.75) is 26.8 Å². The first-order valence-electron chi connectivity index (χ1n) is 5.13. The maximum Gasteiger partial charge on any atom is 0.126 e. The minimum atomic E-state index is -0.147. The second-order valence-corrected chi connectivity index (χ2v) is 4.02. The Morgan fingerprint density at radius 2 is 2.07 bits per heavy atom. The first-order valence-corrected chi connectivity index (χ1v) is 5.13. The fourth-order valence-electron chi connectivity index (χ4n) is 1.54. The molecule has 0 amide bonds. The van der Waals surface area contributed by atoms with E-state index in [1.165, 1.54) is 11.6 Å². The minimum Gasteiger partial charge on any atom is -0.310 e. The van der Waals surface area contributed by atoms with Gasteiger partial charge in [0.2, 0.25) is 0 Å². The number of hydrogen-bond donors (Lipinski definition) is 1. The zero-order chi connectivity index (χ0) is 11.4. The number of aryl methyl sites for hydroxylation is 1. The molecule has 0 aliphatic rings. The highest BCUT2D eigenvalue weighted by molar-refractivity contribution is 5.29. The van der Waals surface area contributed by atoms with E-state index in [0.29, 0.717) is 5.56 Å². The number of benzene rings is 1. The van der Waals surface area contributed by atoms with Crippen molar-refractivity contribution in [1.29, 1.82) is 0 Å². The fraction of sp³-hybridized carbons (Fsp3) is 0.385. The maximum absolute atomic E-state index is 13.1. The van der Waals surface area contributed by atoms with Crippen LogP contribution in [0.4, 0.5) is 4.39 Å². The number of allylic oxidation sites excluding steroid dienone is 1. The standard InChI is InChI=1S/C13H18FN/c1-9(2)7-13(15-4)11-5-6-12(14)10(3)8-11/h5-8,13,15H,1-4H3. The molecule has 0 aliphatic carbocycles. The molecule has 1 N–H and O–H groups in total. The molecule has 1 aromatic rings. The molecule has 1 nitrogen and oxygen atoms in total. The lowest BCUT2D eigenvalue weighted by Crippen LogP contribution is -2.14. The Balaban J connectivity index is 3.03. The summed E-state index contributed by atoms with van der Waals surface area (Å²) in [6.45, 7) is 5.90. The summed E-state index contributed by atoms with van der Waals surface area (Å²) in [4.78, 5) is 0. The van der Waals surface area contributed by atoms with Gasteiger partial charge in [-0.1, -0.05) is 23.8 Å². The summed E-state index contributed by atoms with van der Waals surface area (Å²) < 4.78 is 13.1. The van der Waals surface area contributed by atoms with Gasteiger partial charge >= 0.3 is 0 Å². The second-order valence-electron chi connectivity index (χ2n) is 4.02. The third-order valence-corrected chi connectivity index (χ3v) is 2.35. The van der Waals surface area contributed by atoms with Gasteiger partial charge in [0, 0.05) is 0 Å². The molecule has 0 saturated heterocycles. The SMILES string of the molecule is CNC(C=C(C)C)c1ccc(F)c(C)c1. The van der Waals surface area contributed by atoms with Crippen LogP contribution in [0, 0.1) is 12.7 Å². The van der Waals surface area contributed by atoms with E-state index in [2.05, 4.69) is 25.2 Å². The van der Waals surface area contributed by atoms with Crippen molar-refractivity contribution in [3.8, 4) is 0 Å². The molecule has 15 heavy (non-hydrogen) atoms. The predicted molar refractivity (Wildman–Crippen MR) is 62.4 cm³/mol. The predicted octanol–water partition coefficient (Wildman–Crippen LogP) is 3.36. The van der Waals surface area contributed by atoms with Gasteiger partial charge in [0.15, 0.2) is 0 Å². The molecule has 1 aromatic carbocycles. The van der Waals surface area contributed by atoms with E-state index >= 15 is 0 Å². The third kappa shape index (κ3) is 3.17. The second kappa shape index (κ2) is 5.08. The molecule has 82 valence electrons. The Labute approximate surface area is 91.0 Å². The van der Waals surface area contributed by atoms with E-state index in [1.807, 2.05) is 19.2 Å². The van der Waals surface area contributed by atoms with Crippen molar-refractivity contribution in [2.24, 2.45) is 0 Å². The lowest BCUT2D eigenvalue weighted by molar-refractivity contribution is 0.615. The van der Waals surface area contributed by atoms with Crippen molar-refractivity contribution in [1.82, 2.24) is 5.32 Å². The summed E-state index contributed by atoms with van der Waals surface area (Å²) in [7, 11) is 1.91. The van der Waals surface area contributed by atoms with Crippen molar-refractivity contribution in [2.75, 3.05) is 7.05 Å². The summed E-state index contributed by atoms with van der Waals surface area (Å²) >= 11 is 0. The topological polar surface area (TPSA) is 12.0 Å². The van der Waals surface area contributed by atoms with E-state index in [4.69, 9.17) is 0 Å². The molecular weight excluding hydrogens is 189 g/mol. The summed E-state index contributed by atoms with van der Waals surface area (Å²) in [6, 6.07) is 5.39. The smallest absolute Gasteiger partial charge is 0.126 e. The van der Waals surface area contributed by atoms with Crippen LogP contribution in [0.2, 0.25) is 0 Å². The van der Waals surface area contributed by atoms with E-state index < -0.39 is 0 Å². The normalized spacial score (nSPS) is 12.3. The molecule has 0 heterocycles. The zero-order valence-corrected chi connectivity index (χ0v) is 9.76. The molecule has 0 aromatic heterocycles. The Bertz CT molecular complexity index is 365. The summed E-state index contributed by atoms with van der Waals surface area (Å²) in [5.74, 6) is -0.147. The van der Waals surface area contributed by atoms with Crippen LogP contribution in [0.3, 0.4) is 0 Å². The van der Waals surface area contributed by atoms with E-state index in [0.717, 1.165) is 5.56 Å². The first kappa shape index (κ1) is 11.9. The number of rotatable bonds is 3. The van der Waals surface area contributed by atoms with Crippen molar-refractivity contribution >= 4 is 0 Å².